The topological polar surface area (TPSA) is 100 Å². The van der Waals surface area contributed by atoms with Gasteiger partial charge < -0.3 is 4.74 Å². The SMILES string of the molecule is C#CCSc1nnc(-c2ccc(OC)cc2)n1-c1ccc(S(N)(=O)=O)cc1. The minimum Gasteiger partial charge on any atom is -0.497 e. The lowest BCUT2D eigenvalue weighted by molar-refractivity contribution is 0.415. The van der Waals surface area contributed by atoms with Gasteiger partial charge in [-0.15, -0.1) is 16.6 Å². The first-order valence-corrected chi connectivity index (χ1v) is 10.3. The van der Waals surface area contributed by atoms with Gasteiger partial charge in [-0.05, 0) is 48.5 Å². The molecule has 3 rings (SSSR count). The first-order valence-electron chi connectivity index (χ1n) is 7.73. The first-order chi connectivity index (χ1) is 12.9. The summed E-state index contributed by atoms with van der Waals surface area (Å²) in [6.07, 6.45) is 5.36. The lowest BCUT2D eigenvalue weighted by atomic mass is 10.2. The Bertz CT molecular complexity index is 1080. The Balaban J connectivity index is 2.10. The van der Waals surface area contributed by atoms with Crippen molar-refractivity contribution >= 4 is 21.8 Å². The largest absolute Gasteiger partial charge is 0.497 e. The molecule has 0 bridgehead atoms. The Hall–Kier alpha value is -2.80. The predicted octanol–water partition coefficient (Wildman–Crippen LogP) is 2.32. The highest BCUT2D eigenvalue weighted by Crippen LogP contribution is 2.29. The third kappa shape index (κ3) is 4.14. The number of primary sulfonamides is 1. The number of ether oxygens (including phenoxy) is 1. The van der Waals surface area contributed by atoms with E-state index in [9.17, 15) is 8.42 Å². The number of terminal acetylenes is 1. The molecule has 0 unspecified atom stereocenters. The number of benzene rings is 2. The Morgan fingerprint density at radius 1 is 1.15 bits per heavy atom. The summed E-state index contributed by atoms with van der Waals surface area (Å²) in [6.45, 7) is 0. The fraction of sp³-hybridized carbons (Fsp3) is 0.111. The van der Waals surface area contributed by atoms with Crippen LogP contribution in [-0.4, -0.2) is 36.0 Å². The van der Waals surface area contributed by atoms with Gasteiger partial charge in [-0.25, -0.2) is 13.6 Å². The van der Waals surface area contributed by atoms with Crippen molar-refractivity contribution in [1.82, 2.24) is 14.8 Å². The van der Waals surface area contributed by atoms with Crippen LogP contribution in [0.3, 0.4) is 0 Å². The summed E-state index contributed by atoms with van der Waals surface area (Å²) in [5.74, 6) is 4.31. The molecular weight excluding hydrogens is 384 g/mol. The molecule has 3 aromatic rings. The van der Waals surface area contributed by atoms with E-state index < -0.39 is 10.0 Å². The molecule has 1 aromatic heterocycles. The average Bonchev–Trinajstić information content (AvgIpc) is 3.09. The van der Waals surface area contributed by atoms with Crippen LogP contribution in [-0.2, 0) is 10.0 Å². The second kappa shape index (κ2) is 7.84. The molecule has 0 radical (unpaired) electrons. The van der Waals surface area contributed by atoms with Gasteiger partial charge in [-0.1, -0.05) is 17.7 Å². The van der Waals surface area contributed by atoms with Crippen molar-refractivity contribution in [3.63, 3.8) is 0 Å². The fourth-order valence-corrected chi connectivity index (χ4v) is 3.56. The molecule has 0 spiro atoms. The molecule has 9 heteroatoms. The highest BCUT2D eigenvalue weighted by molar-refractivity contribution is 7.99. The van der Waals surface area contributed by atoms with Crippen LogP contribution in [0.4, 0.5) is 0 Å². The van der Waals surface area contributed by atoms with Crippen LogP contribution in [0.25, 0.3) is 17.1 Å². The number of nitrogens with zero attached hydrogens (tertiary/aromatic N) is 3. The summed E-state index contributed by atoms with van der Waals surface area (Å²) < 4.78 is 30.0. The molecule has 2 N–H and O–H groups in total. The normalized spacial score (nSPS) is 11.1. The molecule has 0 fully saturated rings. The molecule has 0 aliphatic heterocycles. The minimum absolute atomic E-state index is 0.0307. The smallest absolute Gasteiger partial charge is 0.238 e. The zero-order valence-electron chi connectivity index (χ0n) is 14.4. The van der Waals surface area contributed by atoms with E-state index in [4.69, 9.17) is 16.3 Å². The Morgan fingerprint density at radius 2 is 1.81 bits per heavy atom. The molecule has 0 saturated carbocycles. The van der Waals surface area contributed by atoms with Crippen LogP contribution in [0.15, 0.2) is 58.6 Å². The summed E-state index contributed by atoms with van der Waals surface area (Å²) in [5.41, 5.74) is 1.52. The van der Waals surface area contributed by atoms with Gasteiger partial charge in [0.2, 0.25) is 10.0 Å². The van der Waals surface area contributed by atoms with E-state index in [1.165, 1.54) is 23.9 Å². The van der Waals surface area contributed by atoms with Crippen LogP contribution in [0.2, 0.25) is 0 Å². The zero-order chi connectivity index (χ0) is 19.4. The van der Waals surface area contributed by atoms with Gasteiger partial charge in [0.15, 0.2) is 11.0 Å². The Labute approximate surface area is 161 Å². The molecule has 27 heavy (non-hydrogen) atoms. The number of methoxy groups -OCH3 is 1. The lowest BCUT2D eigenvalue weighted by Gasteiger charge is -2.11. The predicted molar refractivity (Wildman–Crippen MR) is 104 cm³/mol. The van der Waals surface area contributed by atoms with Crippen LogP contribution in [0.5, 0.6) is 5.75 Å². The van der Waals surface area contributed by atoms with Crippen LogP contribution >= 0.6 is 11.8 Å². The van der Waals surface area contributed by atoms with Crippen molar-refractivity contribution < 1.29 is 13.2 Å². The van der Waals surface area contributed by atoms with E-state index in [2.05, 4.69) is 16.1 Å². The van der Waals surface area contributed by atoms with Gasteiger partial charge in [-0.3, -0.25) is 4.57 Å². The number of nitrogens with two attached hydrogens (primary N) is 1. The Kier molecular flexibility index (Phi) is 5.51. The lowest BCUT2D eigenvalue weighted by Crippen LogP contribution is -2.12. The summed E-state index contributed by atoms with van der Waals surface area (Å²) in [7, 11) is -2.17. The van der Waals surface area contributed by atoms with E-state index in [-0.39, 0.29) is 4.90 Å². The number of aromatic nitrogens is 3. The van der Waals surface area contributed by atoms with Gasteiger partial charge in [0.1, 0.15) is 5.75 Å². The summed E-state index contributed by atoms with van der Waals surface area (Å²) >= 11 is 1.36. The van der Waals surface area contributed by atoms with Gasteiger partial charge >= 0.3 is 0 Å². The highest BCUT2D eigenvalue weighted by atomic mass is 32.2. The molecule has 0 aliphatic rings. The quantitative estimate of drug-likeness (QED) is 0.503. The third-order valence-corrected chi connectivity index (χ3v) is 5.45. The van der Waals surface area contributed by atoms with E-state index >= 15 is 0 Å². The monoisotopic (exact) mass is 400 g/mol. The maximum Gasteiger partial charge on any atom is 0.238 e. The van der Waals surface area contributed by atoms with Gasteiger partial charge in [0.25, 0.3) is 0 Å². The number of sulfonamides is 1. The average molecular weight is 400 g/mol. The second-order valence-corrected chi connectivity index (χ2v) is 7.91. The molecule has 0 atom stereocenters. The number of rotatable bonds is 6. The molecule has 0 aliphatic carbocycles. The zero-order valence-corrected chi connectivity index (χ0v) is 16.0. The molecular formula is C18H16N4O3S2. The summed E-state index contributed by atoms with van der Waals surface area (Å²) in [5, 5.41) is 14.3. The molecule has 0 amide bonds. The third-order valence-electron chi connectivity index (χ3n) is 3.69. The van der Waals surface area contributed by atoms with Gasteiger partial charge in [-0.2, -0.15) is 0 Å². The van der Waals surface area contributed by atoms with Crippen molar-refractivity contribution in [2.24, 2.45) is 5.14 Å². The maximum absolute atomic E-state index is 11.5. The Morgan fingerprint density at radius 3 is 2.37 bits per heavy atom. The van der Waals surface area contributed by atoms with Gasteiger partial charge in [0, 0.05) is 11.3 Å². The van der Waals surface area contributed by atoms with Gasteiger partial charge in [0.05, 0.1) is 17.8 Å². The van der Waals surface area contributed by atoms with Crippen LogP contribution in [0.1, 0.15) is 0 Å². The number of hydrogen-bond acceptors (Lipinski definition) is 6. The number of hydrogen-bond donors (Lipinski definition) is 1. The summed E-state index contributed by atoms with van der Waals surface area (Å²) in [6, 6.07) is 13.6. The van der Waals surface area contributed by atoms with Crippen molar-refractivity contribution in [2.45, 2.75) is 10.1 Å². The molecule has 0 saturated heterocycles. The van der Waals surface area contributed by atoms with E-state index in [0.717, 1.165) is 11.3 Å². The summed E-state index contributed by atoms with van der Waals surface area (Å²) in [4.78, 5) is 0.0307. The standard InChI is InChI=1S/C18H16N4O3S2/c1-3-12-26-18-21-20-17(13-4-8-15(25-2)9-5-13)22(18)14-6-10-16(11-7-14)27(19,23)24/h1,4-11H,12H2,2H3,(H2,19,23,24). The highest BCUT2D eigenvalue weighted by Gasteiger charge is 2.17. The fourth-order valence-electron chi connectivity index (χ4n) is 2.41. The molecule has 1 heterocycles. The molecule has 138 valence electrons. The molecule has 2 aromatic carbocycles. The van der Waals surface area contributed by atoms with Crippen molar-refractivity contribution in [1.29, 1.82) is 0 Å². The molecule has 7 nitrogen and oxygen atoms in total. The van der Waals surface area contributed by atoms with Crippen LogP contribution < -0.4 is 9.88 Å². The van der Waals surface area contributed by atoms with Crippen molar-refractivity contribution in [2.75, 3.05) is 12.9 Å². The minimum atomic E-state index is -3.77. The first kappa shape index (κ1) is 19.0. The van der Waals surface area contributed by atoms with E-state index in [1.54, 1.807) is 19.2 Å². The van der Waals surface area contributed by atoms with E-state index in [1.807, 2.05) is 28.8 Å². The maximum atomic E-state index is 11.5. The number of thioether (sulfide) groups is 1. The van der Waals surface area contributed by atoms with Crippen molar-refractivity contribution in [3.05, 3.63) is 48.5 Å². The second-order valence-electron chi connectivity index (χ2n) is 5.40. The van der Waals surface area contributed by atoms with E-state index in [0.29, 0.717) is 22.4 Å². The van der Waals surface area contributed by atoms with Crippen LogP contribution in [0, 0.1) is 12.3 Å². The van der Waals surface area contributed by atoms with Crippen molar-refractivity contribution in [3.8, 4) is 35.2 Å².